The van der Waals surface area contributed by atoms with Crippen LogP contribution in [0.2, 0.25) is 0 Å². The van der Waals surface area contributed by atoms with Crippen LogP contribution in [0, 0.1) is 5.82 Å². The van der Waals surface area contributed by atoms with Gasteiger partial charge in [0.15, 0.2) is 6.61 Å². The number of esters is 1. The van der Waals surface area contributed by atoms with E-state index in [0.29, 0.717) is 23.4 Å². The molecule has 0 spiro atoms. The molecule has 0 saturated carbocycles. The minimum absolute atomic E-state index is 0.212. The molecule has 1 atom stereocenters. The highest BCUT2D eigenvalue weighted by atomic mass is 19.1. The lowest BCUT2D eigenvalue weighted by Crippen LogP contribution is -2.24. The average Bonchev–Trinajstić information content (AvgIpc) is 3.13. The van der Waals surface area contributed by atoms with E-state index in [-0.39, 0.29) is 31.0 Å². The number of hydrogen-bond acceptors (Lipinski definition) is 5. The van der Waals surface area contributed by atoms with E-state index in [1.165, 1.54) is 24.1 Å². The van der Waals surface area contributed by atoms with Crippen LogP contribution in [0.5, 0.6) is 5.75 Å². The second-order valence-corrected chi connectivity index (χ2v) is 6.27. The van der Waals surface area contributed by atoms with Gasteiger partial charge in [0.05, 0.1) is 18.4 Å². The minimum Gasteiger partial charge on any atom is -0.481 e. The van der Waals surface area contributed by atoms with Gasteiger partial charge in [0.1, 0.15) is 11.6 Å². The topological polar surface area (TPSA) is 68.2 Å². The molecule has 0 radical (unpaired) electrons. The number of halogens is 1. The van der Waals surface area contributed by atoms with Crippen molar-refractivity contribution < 1.29 is 23.5 Å². The molecule has 7 heteroatoms. The number of hydrazone groups is 1. The molecule has 0 aliphatic carbocycles. The predicted octanol–water partition coefficient (Wildman–Crippen LogP) is 3.47. The third kappa shape index (κ3) is 4.36. The molecule has 1 amide bonds. The number of nitrogens with zero attached hydrogens (tertiary/aromatic N) is 2. The molecule has 0 saturated heterocycles. The van der Waals surface area contributed by atoms with E-state index in [0.717, 1.165) is 5.56 Å². The van der Waals surface area contributed by atoms with Crippen molar-refractivity contribution >= 4 is 17.6 Å². The van der Waals surface area contributed by atoms with Crippen LogP contribution < -0.4 is 4.74 Å². The Kier molecular flexibility index (Phi) is 6.03. The van der Waals surface area contributed by atoms with Gasteiger partial charge in [-0.05, 0) is 36.8 Å². The van der Waals surface area contributed by atoms with Crippen molar-refractivity contribution in [1.82, 2.24) is 5.01 Å². The quantitative estimate of drug-likeness (QED) is 0.716. The maximum atomic E-state index is 13.3. The Morgan fingerprint density at radius 1 is 1.18 bits per heavy atom. The van der Waals surface area contributed by atoms with Crippen LogP contribution in [0.3, 0.4) is 0 Å². The summed E-state index contributed by atoms with van der Waals surface area (Å²) in [6, 6.07) is 12.9. The second-order valence-electron chi connectivity index (χ2n) is 6.27. The molecular formula is C21H21FN2O4. The second kappa shape index (κ2) is 8.65. The number of para-hydroxylation sites is 1. The lowest BCUT2D eigenvalue weighted by molar-refractivity contribution is -0.145. The molecule has 0 fully saturated rings. The van der Waals surface area contributed by atoms with E-state index in [2.05, 4.69) is 5.10 Å². The Morgan fingerprint density at radius 3 is 2.57 bits per heavy atom. The van der Waals surface area contributed by atoms with E-state index < -0.39 is 5.97 Å². The minimum atomic E-state index is -0.458. The molecule has 1 aliphatic heterocycles. The molecule has 0 bridgehead atoms. The lowest BCUT2D eigenvalue weighted by atomic mass is 9.98. The SMILES string of the molecule is CCOC(=O)COc1ccccc1C1=NN(C(C)=O)[C@H](c2ccc(F)cc2)C1. The van der Waals surface area contributed by atoms with Crippen molar-refractivity contribution in [3.8, 4) is 5.75 Å². The van der Waals surface area contributed by atoms with Crippen LogP contribution in [-0.4, -0.2) is 35.8 Å². The number of hydrogen-bond donors (Lipinski definition) is 0. The van der Waals surface area contributed by atoms with Crippen LogP contribution >= 0.6 is 0 Å². The first-order valence-electron chi connectivity index (χ1n) is 9.00. The number of amides is 1. The molecule has 146 valence electrons. The maximum Gasteiger partial charge on any atom is 0.344 e. The normalized spacial score (nSPS) is 15.9. The predicted molar refractivity (Wildman–Crippen MR) is 101 cm³/mol. The molecule has 1 heterocycles. The van der Waals surface area contributed by atoms with Gasteiger partial charge in [0, 0.05) is 18.9 Å². The number of rotatable bonds is 6. The van der Waals surface area contributed by atoms with Crippen molar-refractivity contribution in [2.24, 2.45) is 5.10 Å². The molecular weight excluding hydrogens is 363 g/mol. The molecule has 2 aromatic carbocycles. The van der Waals surface area contributed by atoms with Crippen LogP contribution in [0.1, 0.15) is 37.4 Å². The summed E-state index contributed by atoms with van der Waals surface area (Å²) in [6.07, 6.45) is 0.449. The number of carbonyl (C=O) groups is 2. The zero-order chi connectivity index (χ0) is 20.1. The highest BCUT2D eigenvalue weighted by molar-refractivity contribution is 6.05. The largest absolute Gasteiger partial charge is 0.481 e. The fourth-order valence-electron chi connectivity index (χ4n) is 3.08. The molecule has 2 aromatic rings. The van der Waals surface area contributed by atoms with Crippen molar-refractivity contribution in [2.75, 3.05) is 13.2 Å². The fourth-order valence-corrected chi connectivity index (χ4v) is 3.08. The summed E-state index contributed by atoms with van der Waals surface area (Å²) in [5, 5.41) is 5.87. The van der Waals surface area contributed by atoms with Gasteiger partial charge in [-0.15, -0.1) is 0 Å². The first-order chi connectivity index (χ1) is 13.5. The van der Waals surface area contributed by atoms with E-state index in [1.54, 1.807) is 31.2 Å². The van der Waals surface area contributed by atoms with Crippen LogP contribution in [0.25, 0.3) is 0 Å². The third-order valence-corrected chi connectivity index (χ3v) is 4.34. The number of benzene rings is 2. The van der Waals surface area contributed by atoms with Gasteiger partial charge < -0.3 is 9.47 Å². The lowest BCUT2D eigenvalue weighted by Gasteiger charge is -2.20. The summed E-state index contributed by atoms with van der Waals surface area (Å²) in [7, 11) is 0. The van der Waals surface area contributed by atoms with Crippen molar-refractivity contribution in [3.63, 3.8) is 0 Å². The summed E-state index contributed by atoms with van der Waals surface area (Å²) in [5.41, 5.74) is 2.15. The summed E-state index contributed by atoms with van der Waals surface area (Å²) < 4.78 is 23.8. The first kappa shape index (κ1) is 19.5. The molecule has 6 nitrogen and oxygen atoms in total. The van der Waals surface area contributed by atoms with E-state index in [9.17, 15) is 14.0 Å². The number of ether oxygens (including phenoxy) is 2. The highest BCUT2D eigenvalue weighted by Gasteiger charge is 2.32. The van der Waals surface area contributed by atoms with Crippen LogP contribution in [-0.2, 0) is 14.3 Å². The molecule has 0 unspecified atom stereocenters. The highest BCUT2D eigenvalue weighted by Crippen LogP contribution is 2.35. The zero-order valence-electron chi connectivity index (χ0n) is 15.7. The Hall–Kier alpha value is -3.22. The van der Waals surface area contributed by atoms with Crippen LogP contribution in [0.4, 0.5) is 4.39 Å². The molecule has 28 heavy (non-hydrogen) atoms. The summed E-state index contributed by atoms with van der Waals surface area (Å²) in [4.78, 5) is 23.7. The Balaban J connectivity index is 1.85. The third-order valence-electron chi connectivity index (χ3n) is 4.34. The number of carbonyl (C=O) groups excluding carboxylic acids is 2. The fraction of sp³-hybridized carbons (Fsp3) is 0.286. The monoisotopic (exact) mass is 384 g/mol. The standard InChI is InChI=1S/C21H21FN2O4/c1-3-27-21(26)13-28-20-7-5-4-6-17(20)18-12-19(24(23-18)14(2)25)15-8-10-16(22)11-9-15/h4-11,19H,3,12-13H2,1-2H3/t19-/m0/s1. The van der Waals surface area contributed by atoms with Gasteiger partial charge in [0.2, 0.25) is 5.91 Å². The van der Waals surface area contributed by atoms with Gasteiger partial charge in [-0.2, -0.15) is 5.10 Å². The summed E-state index contributed by atoms with van der Waals surface area (Å²) in [6.45, 7) is 3.23. The van der Waals surface area contributed by atoms with Gasteiger partial charge in [-0.3, -0.25) is 4.79 Å². The van der Waals surface area contributed by atoms with Gasteiger partial charge in [-0.1, -0.05) is 24.3 Å². The Labute approximate surface area is 162 Å². The molecule has 3 rings (SSSR count). The van der Waals surface area contributed by atoms with E-state index in [4.69, 9.17) is 9.47 Å². The molecule has 0 aromatic heterocycles. The van der Waals surface area contributed by atoms with Gasteiger partial charge in [0.25, 0.3) is 0 Å². The Morgan fingerprint density at radius 2 is 1.89 bits per heavy atom. The van der Waals surface area contributed by atoms with Crippen molar-refractivity contribution in [2.45, 2.75) is 26.3 Å². The molecule has 0 N–H and O–H groups in total. The molecule has 1 aliphatic rings. The summed E-state index contributed by atoms with van der Waals surface area (Å²) >= 11 is 0. The Bertz CT molecular complexity index is 896. The van der Waals surface area contributed by atoms with Crippen molar-refractivity contribution in [1.29, 1.82) is 0 Å². The summed E-state index contributed by atoms with van der Waals surface area (Å²) in [5.74, 6) is -0.526. The maximum absolute atomic E-state index is 13.3. The van der Waals surface area contributed by atoms with Crippen molar-refractivity contribution in [3.05, 3.63) is 65.5 Å². The smallest absolute Gasteiger partial charge is 0.344 e. The van der Waals surface area contributed by atoms with Gasteiger partial charge in [-0.25, -0.2) is 14.2 Å². The van der Waals surface area contributed by atoms with E-state index >= 15 is 0 Å². The van der Waals surface area contributed by atoms with Gasteiger partial charge >= 0.3 is 5.97 Å². The zero-order valence-corrected chi connectivity index (χ0v) is 15.7. The van der Waals surface area contributed by atoms with Crippen LogP contribution in [0.15, 0.2) is 53.6 Å². The first-order valence-corrected chi connectivity index (χ1v) is 9.00. The van der Waals surface area contributed by atoms with E-state index in [1.807, 2.05) is 12.1 Å². The average molecular weight is 384 g/mol.